The SMILES string of the molecule is CCN1CCc2c(sc(NC(=O)Cc3cccs3)c2C(=O)O)C1. The molecule has 2 N–H and O–H groups in total. The van der Waals surface area contributed by atoms with Gasteiger partial charge in [-0.05, 0) is 30.0 Å². The van der Waals surface area contributed by atoms with Gasteiger partial charge in [0.25, 0.3) is 0 Å². The number of anilines is 1. The third kappa shape index (κ3) is 3.46. The molecule has 2 aromatic rings. The van der Waals surface area contributed by atoms with Crippen molar-refractivity contribution in [3.05, 3.63) is 38.4 Å². The van der Waals surface area contributed by atoms with Gasteiger partial charge in [-0.3, -0.25) is 9.69 Å². The lowest BCUT2D eigenvalue weighted by molar-refractivity contribution is -0.115. The lowest BCUT2D eigenvalue weighted by Crippen LogP contribution is -2.29. The molecule has 3 rings (SSSR count). The van der Waals surface area contributed by atoms with Gasteiger partial charge in [-0.1, -0.05) is 13.0 Å². The van der Waals surface area contributed by atoms with E-state index in [-0.39, 0.29) is 17.9 Å². The van der Waals surface area contributed by atoms with Crippen LogP contribution in [0.3, 0.4) is 0 Å². The van der Waals surface area contributed by atoms with E-state index >= 15 is 0 Å². The predicted molar refractivity (Wildman–Crippen MR) is 92.6 cm³/mol. The van der Waals surface area contributed by atoms with Gasteiger partial charge in [0.2, 0.25) is 5.91 Å². The number of carbonyl (C=O) groups excluding carboxylic acids is 1. The largest absolute Gasteiger partial charge is 0.478 e. The molecule has 1 aliphatic rings. The van der Waals surface area contributed by atoms with E-state index in [0.29, 0.717) is 5.00 Å². The number of thiophene rings is 2. The second-order valence-corrected chi connectivity index (χ2v) is 7.57. The number of nitrogens with one attached hydrogen (secondary N) is 1. The number of carboxylic acid groups (broad SMARTS) is 1. The van der Waals surface area contributed by atoms with E-state index in [4.69, 9.17) is 0 Å². The number of carbonyl (C=O) groups is 2. The summed E-state index contributed by atoms with van der Waals surface area (Å²) in [5, 5.41) is 14.8. The number of fused-ring (bicyclic) bond motifs is 1. The van der Waals surface area contributed by atoms with E-state index in [9.17, 15) is 14.7 Å². The van der Waals surface area contributed by atoms with Crippen LogP contribution in [0.25, 0.3) is 0 Å². The molecule has 0 aromatic carbocycles. The number of carboxylic acids is 1. The third-order valence-corrected chi connectivity index (χ3v) is 5.97. The molecule has 2 aromatic heterocycles. The van der Waals surface area contributed by atoms with Gasteiger partial charge >= 0.3 is 5.97 Å². The molecule has 0 radical (unpaired) electrons. The summed E-state index contributed by atoms with van der Waals surface area (Å²) in [7, 11) is 0. The van der Waals surface area contributed by atoms with Crippen LogP contribution in [-0.4, -0.2) is 35.0 Å². The molecule has 1 aliphatic heterocycles. The van der Waals surface area contributed by atoms with Crippen molar-refractivity contribution < 1.29 is 14.7 Å². The molecule has 1 amide bonds. The highest BCUT2D eigenvalue weighted by Crippen LogP contribution is 2.37. The first-order valence-corrected chi connectivity index (χ1v) is 9.20. The molecule has 0 fully saturated rings. The van der Waals surface area contributed by atoms with Crippen LogP contribution in [0.4, 0.5) is 5.00 Å². The average Bonchev–Trinajstić information content (AvgIpc) is 3.12. The van der Waals surface area contributed by atoms with Crippen LogP contribution < -0.4 is 5.32 Å². The smallest absolute Gasteiger partial charge is 0.339 e. The second-order valence-electron chi connectivity index (χ2n) is 5.44. The van der Waals surface area contributed by atoms with Crippen LogP contribution in [-0.2, 0) is 24.2 Å². The van der Waals surface area contributed by atoms with Gasteiger partial charge in [-0.15, -0.1) is 22.7 Å². The van der Waals surface area contributed by atoms with Gasteiger partial charge in [-0.25, -0.2) is 4.79 Å². The Morgan fingerprint density at radius 1 is 1.43 bits per heavy atom. The molecule has 0 bridgehead atoms. The van der Waals surface area contributed by atoms with Crippen LogP contribution in [0.5, 0.6) is 0 Å². The monoisotopic (exact) mass is 350 g/mol. The summed E-state index contributed by atoms with van der Waals surface area (Å²) in [4.78, 5) is 28.1. The van der Waals surface area contributed by atoms with Crippen molar-refractivity contribution in [1.82, 2.24) is 4.90 Å². The number of rotatable bonds is 5. The molecule has 0 unspecified atom stereocenters. The van der Waals surface area contributed by atoms with Crippen molar-refractivity contribution in [2.45, 2.75) is 26.3 Å². The van der Waals surface area contributed by atoms with E-state index in [1.165, 1.54) is 22.7 Å². The van der Waals surface area contributed by atoms with Crippen LogP contribution in [0.15, 0.2) is 17.5 Å². The van der Waals surface area contributed by atoms with Gasteiger partial charge in [0.15, 0.2) is 0 Å². The van der Waals surface area contributed by atoms with Gasteiger partial charge in [0, 0.05) is 22.8 Å². The molecule has 0 spiro atoms. The first-order chi connectivity index (χ1) is 11.1. The van der Waals surface area contributed by atoms with E-state index in [1.54, 1.807) is 0 Å². The Morgan fingerprint density at radius 3 is 2.91 bits per heavy atom. The zero-order valence-electron chi connectivity index (χ0n) is 12.8. The Morgan fingerprint density at radius 2 is 2.26 bits per heavy atom. The number of aromatic carboxylic acids is 1. The fourth-order valence-corrected chi connectivity index (χ4v) is 4.78. The summed E-state index contributed by atoms with van der Waals surface area (Å²) in [5.41, 5.74) is 1.17. The molecule has 0 saturated carbocycles. The number of nitrogens with zero attached hydrogens (tertiary/aromatic N) is 1. The molecule has 0 aliphatic carbocycles. The second kappa shape index (κ2) is 6.82. The van der Waals surface area contributed by atoms with E-state index in [1.807, 2.05) is 17.5 Å². The molecule has 7 heteroatoms. The highest BCUT2D eigenvalue weighted by molar-refractivity contribution is 7.17. The summed E-state index contributed by atoms with van der Waals surface area (Å²) in [6, 6.07) is 3.81. The van der Waals surface area contributed by atoms with Crippen LogP contribution in [0.2, 0.25) is 0 Å². The maximum absolute atomic E-state index is 12.2. The van der Waals surface area contributed by atoms with Crippen molar-refractivity contribution in [1.29, 1.82) is 0 Å². The molecule has 23 heavy (non-hydrogen) atoms. The lowest BCUT2D eigenvalue weighted by Gasteiger charge is -2.25. The van der Waals surface area contributed by atoms with Gasteiger partial charge < -0.3 is 10.4 Å². The van der Waals surface area contributed by atoms with Gasteiger partial charge in [0.1, 0.15) is 5.00 Å². The van der Waals surface area contributed by atoms with Crippen molar-refractivity contribution in [3.63, 3.8) is 0 Å². The Hall–Kier alpha value is -1.70. The van der Waals surface area contributed by atoms with Gasteiger partial charge in [0.05, 0.1) is 12.0 Å². The Balaban J connectivity index is 1.82. The summed E-state index contributed by atoms with van der Waals surface area (Å²) in [6.07, 6.45) is 1.00. The maximum Gasteiger partial charge on any atom is 0.339 e. The van der Waals surface area contributed by atoms with Crippen molar-refractivity contribution in [2.24, 2.45) is 0 Å². The molecule has 5 nitrogen and oxygen atoms in total. The third-order valence-electron chi connectivity index (χ3n) is 3.96. The average molecular weight is 350 g/mol. The summed E-state index contributed by atoms with van der Waals surface area (Å²) in [5.74, 6) is -1.13. The summed E-state index contributed by atoms with van der Waals surface area (Å²) in [6.45, 7) is 4.67. The quantitative estimate of drug-likeness (QED) is 0.869. The lowest BCUT2D eigenvalue weighted by atomic mass is 10.0. The molecule has 0 atom stereocenters. The Bertz CT molecular complexity index is 722. The van der Waals surface area contributed by atoms with Crippen LogP contribution in [0.1, 0.15) is 32.6 Å². The fraction of sp³-hybridized carbons (Fsp3) is 0.375. The maximum atomic E-state index is 12.2. The van der Waals surface area contributed by atoms with Crippen LogP contribution in [0, 0.1) is 0 Å². The zero-order chi connectivity index (χ0) is 16.4. The van der Waals surface area contributed by atoms with Crippen LogP contribution >= 0.6 is 22.7 Å². The molecule has 122 valence electrons. The number of hydrogen-bond acceptors (Lipinski definition) is 5. The molecular weight excluding hydrogens is 332 g/mol. The normalized spacial score (nSPS) is 14.5. The van der Waals surface area contributed by atoms with Crippen molar-refractivity contribution >= 4 is 39.6 Å². The van der Waals surface area contributed by atoms with Crippen molar-refractivity contribution in [3.8, 4) is 0 Å². The minimum atomic E-state index is -0.959. The zero-order valence-corrected chi connectivity index (χ0v) is 14.4. The van der Waals surface area contributed by atoms with Crippen molar-refractivity contribution in [2.75, 3.05) is 18.4 Å². The summed E-state index contributed by atoms with van der Waals surface area (Å²) < 4.78 is 0. The number of amides is 1. The molecule has 3 heterocycles. The molecule has 0 saturated heterocycles. The minimum Gasteiger partial charge on any atom is -0.478 e. The highest BCUT2D eigenvalue weighted by Gasteiger charge is 2.28. The van der Waals surface area contributed by atoms with E-state index < -0.39 is 5.97 Å². The topological polar surface area (TPSA) is 69.6 Å². The first-order valence-electron chi connectivity index (χ1n) is 7.51. The van der Waals surface area contributed by atoms with E-state index in [2.05, 4.69) is 17.1 Å². The highest BCUT2D eigenvalue weighted by atomic mass is 32.1. The number of likely N-dealkylation sites (N-methyl/N-ethyl adjacent to an activating group) is 1. The fourth-order valence-electron chi connectivity index (χ4n) is 2.78. The van der Waals surface area contributed by atoms with Gasteiger partial charge in [-0.2, -0.15) is 0 Å². The Labute approximate surface area is 142 Å². The summed E-state index contributed by atoms with van der Waals surface area (Å²) >= 11 is 2.92. The standard InChI is InChI=1S/C16H18N2O3S2/c1-2-18-6-5-11-12(9-18)23-15(14(11)16(20)21)17-13(19)8-10-4-3-7-22-10/h3-4,7H,2,5-6,8-9H2,1H3,(H,17,19)(H,20,21). The predicted octanol–water partition coefficient (Wildman–Crippen LogP) is 3.07. The minimum absolute atomic E-state index is 0.166. The Kier molecular flexibility index (Phi) is 4.79. The molecular formula is C16H18N2O3S2. The first kappa shape index (κ1) is 16.2. The van der Waals surface area contributed by atoms with E-state index in [0.717, 1.165) is 41.4 Å². The number of hydrogen-bond donors (Lipinski definition) is 2.